The van der Waals surface area contributed by atoms with E-state index in [-0.39, 0.29) is 6.61 Å². The molecule has 0 atom stereocenters. The lowest BCUT2D eigenvalue weighted by Gasteiger charge is -2.19. The van der Waals surface area contributed by atoms with E-state index in [1.54, 1.807) is 37.3 Å². The minimum Gasteiger partial charge on any atom is -0.497 e. The molecule has 32 heavy (non-hydrogen) atoms. The van der Waals surface area contributed by atoms with Gasteiger partial charge in [-0.1, -0.05) is 23.1 Å². The molecule has 0 aliphatic carbocycles. The third-order valence-corrected chi connectivity index (χ3v) is 7.43. The molecule has 1 aliphatic heterocycles. The van der Waals surface area contributed by atoms with Crippen molar-refractivity contribution in [1.82, 2.24) is 0 Å². The van der Waals surface area contributed by atoms with Crippen LogP contribution in [0.3, 0.4) is 0 Å². The van der Waals surface area contributed by atoms with E-state index in [0.29, 0.717) is 13.1 Å². The highest BCUT2D eigenvalue weighted by Crippen LogP contribution is 2.47. The molecule has 5 nitrogen and oxygen atoms in total. The fraction of sp³-hybridized carbons (Fsp3) is 0.292. The van der Waals surface area contributed by atoms with Crippen LogP contribution in [0.5, 0.6) is 11.5 Å². The van der Waals surface area contributed by atoms with Crippen LogP contribution in [0, 0.1) is 0 Å². The summed E-state index contributed by atoms with van der Waals surface area (Å²) in [5, 5.41) is 11.6. The van der Waals surface area contributed by atoms with Gasteiger partial charge in [0.25, 0.3) is 5.01 Å². The zero-order chi connectivity index (χ0) is 22.7. The molecular formula is C24H26FN2O3S2+. The lowest BCUT2D eigenvalue weighted by Crippen LogP contribution is -2.36. The first-order valence-corrected chi connectivity index (χ1v) is 11.9. The predicted octanol–water partition coefficient (Wildman–Crippen LogP) is 5.02. The average Bonchev–Trinajstić information content (AvgIpc) is 3.31. The number of allylic oxidation sites excluding steroid dienone is 2. The number of methoxy groups -OCH3 is 2. The molecule has 0 fully saturated rings. The maximum Gasteiger partial charge on any atom is 0.263 e. The van der Waals surface area contributed by atoms with Gasteiger partial charge in [0.05, 0.1) is 37.5 Å². The van der Waals surface area contributed by atoms with Gasteiger partial charge in [0.15, 0.2) is 6.54 Å². The second-order valence-electron chi connectivity index (χ2n) is 7.30. The summed E-state index contributed by atoms with van der Waals surface area (Å²) in [6.07, 6.45) is 4.19. The van der Waals surface area contributed by atoms with E-state index in [1.807, 2.05) is 48.2 Å². The number of thioether (sulfide) groups is 1. The van der Waals surface area contributed by atoms with Gasteiger partial charge in [-0.3, -0.25) is 0 Å². The number of aromatic nitrogens is 1. The summed E-state index contributed by atoms with van der Waals surface area (Å²) in [6.45, 7) is 2.44. The number of fused-ring (bicyclic) bond motifs is 2. The van der Waals surface area contributed by atoms with Gasteiger partial charge in [0.1, 0.15) is 29.5 Å². The van der Waals surface area contributed by atoms with Crippen LogP contribution in [0.1, 0.15) is 11.9 Å². The van der Waals surface area contributed by atoms with Crippen molar-refractivity contribution in [2.24, 2.45) is 0 Å². The van der Waals surface area contributed by atoms with Gasteiger partial charge in [-0.25, -0.2) is 4.39 Å². The molecule has 0 spiro atoms. The summed E-state index contributed by atoms with van der Waals surface area (Å²) in [6, 6.07) is 11.9. The molecule has 2 heterocycles. The minimum atomic E-state index is -0.439. The molecule has 0 saturated heterocycles. The van der Waals surface area contributed by atoms with Crippen molar-refractivity contribution in [3.05, 3.63) is 58.1 Å². The molecule has 8 heteroatoms. The Morgan fingerprint density at radius 2 is 1.91 bits per heavy atom. The number of anilines is 1. The molecule has 2 aromatic carbocycles. The van der Waals surface area contributed by atoms with Gasteiger partial charge in [-0.2, -0.15) is 4.57 Å². The van der Waals surface area contributed by atoms with Gasteiger partial charge < -0.3 is 19.5 Å². The van der Waals surface area contributed by atoms with Crippen molar-refractivity contribution >= 4 is 45.1 Å². The second-order valence-corrected chi connectivity index (χ2v) is 9.42. The van der Waals surface area contributed by atoms with Gasteiger partial charge in [-0.05, 0) is 42.8 Å². The van der Waals surface area contributed by atoms with Crippen LogP contribution in [-0.4, -0.2) is 39.2 Å². The number of benzene rings is 2. The number of rotatable bonds is 8. The number of aliphatic hydroxyl groups excluding tert-OH is 1. The third kappa shape index (κ3) is 4.48. The first-order valence-electron chi connectivity index (χ1n) is 10.3. The van der Waals surface area contributed by atoms with E-state index in [2.05, 4.69) is 16.7 Å². The van der Waals surface area contributed by atoms with Crippen LogP contribution >= 0.6 is 23.1 Å². The molecular weight excluding hydrogens is 447 g/mol. The quantitative estimate of drug-likeness (QED) is 0.465. The van der Waals surface area contributed by atoms with Crippen molar-refractivity contribution in [2.75, 3.05) is 38.9 Å². The first-order chi connectivity index (χ1) is 15.6. The largest absolute Gasteiger partial charge is 0.497 e. The van der Waals surface area contributed by atoms with Crippen molar-refractivity contribution in [2.45, 2.75) is 18.4 Å². The van der Waals surface area contributed by atoms with E-state index in [1.165, 1.54) is 0 Å². The topological polar surface area (TPSA) is 45.8 Å². The molecule has 4 rings (SSSR count). The van der Waals surface area contributed by atoms with Crippen LogP contribution in [0.4, 0.5) is 10.1 Å². The molecule has 1 aromatic heterocycles. The van der Waals surface area contributed by atoms with Crippen LogP contribution in [0.15, 0.2) is 58.0 Å². The van der Waals surface area contributed by atoms with E-state index in [9.17, 15) is 9.50 Å². The van der Waals surface area contributed by atoms with Crippen LogP contribution in [0.25, 0.3) is 16.3 Å². The number of halogens is 1. The van der Waals surface area contributed by atoms with E-state index < -0.39 is 6.67 Å². The van der Waals surface area contributed by atoms with Gasteiger partial charge >= 0.3 is 0 Å². The Labute approximate surface area is 195 Å². The number of hydrogen-bond acceptors (Lipinski definition) is 6. The number of alkyl halides is 1. The minimum absolute atomic E-state index is 0.0476. The van der Waals surface area contributed by atoms with E-state index in [0.717, 1.165) is 47.9 Å². The SMILES string of the molecule is COc1ccc2c(c1)N(CCF)C(=CC(C)=Cc1sc3ccc(OC)cc3[n+]1CCO)S2. The Hall–Kier alpha value is -2.55. The summed E-state index contributed by atoms with van der Waals surface area (Å²) in [4.78, 5) is 3.08. The Morgan fingerprint density at radius 1 is 1.16 bits per heavy atom. The summed E-state index contributed by atoms with van der Waals surface area (Å²) >= 11 is 3.30. The number of hydrogen-bond donors (Lipinski definition) is 1. The lowest BCUT2D eigenvalue weighted by atomic mass is 10.2. The number of aliphatic hydroxyl groups is 1. The Kier molecular flexibility index (Phi) is 7.03. The molecule has 3 aromatic rings. The summed E-state index contributed by atoms with van der Waals surface area (Å²) in [7, 11) is 3.28. The molecule has 0 amide bonds. The van der Waals surface area contributed by atoms with E-state index in [4.69, 9.17) is 9.47 Å². The molecule has 168 valence electrons. The maximum absolute atomic E-state index is 13.3. The van der Waals surface area contributed by atoms with Crippen LogP contribution in [-0.2, 0) is 6.54 Å². The summed E-state index contributed by atoms with van der Waals surface area (Å²) in [5.41, 5.74) is 3.04. The van der Waals surface area contributed by atoms with Gasteiger partial charge in [-0.15, -0.1) is 0 Å². The third-order valence-electron chi connectivity index (χ3n) is 5.21. The van der Waals surface area contributed by atoms with Crippen molar-refractivity contribution in [3.8, 4) is 11.5 Å². The second kappa shape index (κ2) is 9.94. The first kappa shape index (κ1) is 22.6. The Balaban J connectivity index is 1.71. The zero-order valence-corrected chi connectivity index (χ0v) is 19.9. The highest BCUT2D eigenvalue weighted by molar-refractivity contribution is 8.03. The predicted molar refractivity (Wildman–Crippen MR) is 130 cm³/mol. The normalized spacial score (nSPS) is 15.0. The fourth-order valence-corrected chi connectivity index (χ4v) is 6.07. The molecule has 1 aliphatic rings. The maximum atomic E-state index is 13.3. The summed E-state index contributed by atoms with van der Waals surface area (Å²) in [5.74, 6) is 1.54. The van der Waals surface area contributed by atoms with Crippen molar-refractivity contribution in [1.29, 1.82) is 0 Å². The number of thiazole rings is 1. The van der Waals surface area contributed by atoms with Crippen LogP contribution < -0.4 is 18.9 Å². The molecule has 0 radical (unpaired) electrons. The smallest absolute Gasteiger partial charge is 0.263 e. The molecule has 1 N–H and O–H groups in total. The van der Waals surface area contributed by atoms with Crippen molar-refractivity contribution < 1.29 is 23.5 Å². The fourth-order valence-electron chi connectivity index (χ4n) is 3.71. The Bertz CT molecular complexity index is 1190. The monoisotopic (exact) mass is 473 g/mol. The summed E-state index contributed by atoms with van der Waals surface area (Å²) < 4.78 is 27.3. The van der Waals surface area contributed by atoms with Crippen molar-refractivity contribution in [3.63, 3.8) is 0 Å². The molecule has 0 saturated carbocycles. The number of nitrogens with zero attached hydrogens (tertiary/aromatic N) is 2. The highest BCUT2D eigenvalue weighted by Gasteiger charge is 2.26. The number of ether oxygens (including phenoxy) is 2. The molecule has 0 unspecified atom stereocenters. The lowest BCUT2D eigenvalue weighted by molar-refractivity contribution is -0.670. The average molecular weight is 474 g/mol. The Morgan fingerprint density at radius 3 is 2.62 bits per heavy atom. The highest BCUT2D eigenvalue weighted by atomic mass is 32.2. The van der Waals surface area contributed by atoms with Gasteiger partial charge in [0.2, 0.25) is 5.52 Å². The van der Waals surface area contributed by atoms with Crippen LogP contribution in [0.2, 0.25) is 0 Å². The zero-order valence-electron chi connectivity index (χ0n) is 18.3. The van der Waals surface area contributed by atoms with Gasteiger partial charge in [0, 0.05) is 17.0 Å². The van der Waals surface area contributed by atoms with E-state index >= 15 is 0 Å². The molecule has 0 bridgehead atoms. The standard InChI is InChI=1S/C24H26FN2O3S2/c1-16(12-23-26(9-8-25)19-14-17(29-2)4-6-21(19)31-23)13-24-27(10-11-28)20-15-18(30-3)5-7-22(20)32-24/h4-7,12-15,28H,8-11H2,1-3H3/q+1.